The van der Waals surface area contributed by atoms with Gasteiger partial charge in [-0.25, -0.2) is 4.79 Å². The maximum Gasteiger partial charge on any atom is 0.522 e. The van der Waals surface area contributed by atoms with Crippen LogP contribution in [0.3, 0.4) is 0 Å². The summed E-state index contributed by atoms with van der Waals surface area (Å²) in [5.41, 5.74) is 7.61. The van der Waals surface area contributed by atoms with Gasteiger partial charge in [0.15, 0.2) is 14.5 Å². The smallest absolute Gasteiger partial charge is 0.414 e. The van der Waals surface area contributed by atoms with Crippen LogP contribution >= 0.6 is 0 Å². The summed E-state index contributed by atoms with van der Waals surface area (Å²) in [6.07, 6.45) is -6.86. The molecule has 1 aromatic heterocycles. The first-order valence-electron chi connectivity index (χ1n) is 10.1. The average Bonchev–Trinajstić information content (AvgIpc) is 3.00. The number of hydrogen-bond acceptors (Lipinski definition) is 7. The van der Waals surface area contributed by atoms with Gasteiger partial charge in [0.1, 0.15) is 6.10 Å². The highest BCUT2D eigenvalue weighted by Gasteiger charge is 2.48. The summed E-state index contributed by atoms with van der Waals surface area (Å²) in [7, 11) is -2.24. The van der Waals surface area contributed by atoms with Crippen LogP contribution in [0.4, 0.5) is 13.2 Å². The molecular weight excluding hydrogens is 467 g/mol. The monoisotopic (exact) mass is 495 g/mol. The Morgan fingerprint density at radius 1 is 1.27 bits per heavy atom. The summed E-state index contributed by atoms with van der Waals surface area (Å²) >= 11 is 0. The molecule has 15 heteroatoms. The van der Waals surface area contributed by atoms with Crippen molar-refractivity contribution in [3.63, 3.8) is 0 Å². The number of halogens is 3. The van der Waals surface area contributed by atoms with Crippen LogP contribution in [0.25, 0.3) is 10.4 Å². The van der Waals surface area contributed by atoms with E-state index in [1.807, 2.05) is 33.9 Å². The Bertz CT molecular complexity index is 970. The minimum absolute atomic E-state index is 0.00763. The third-order valence-electron chi connectivity index (χ3n) is 5.70. The Balaban J connectivity index is 2.31. The van der Waals surface area contributed by atoms with Gasteiger partial charge < -0.3 is 13.9 Å². The molecule has 1 unspecified atom stereocenters. The largest absolute Gasteiger partial charge is 0.522 e. The molecule has 0 saturated carbocycles. The lowest BCUT2D eigenvalue weighted by Gasteiger charge is -2.37. The van der Waals surface area contributed by atoms with Gasteiger partial charge in [-0.3, -0.25) is 19.1 Å². The van der Waals surface area contributed by atoms with Gasteiger partial charge in [0.25, 0.3) is 5.56 Å². The minimum Gasteiger partial charge on any atom is -0.414 e. The third kappa shape index (κ3) is 7.16. The van der Waals surface area contributed by atoms with Crippen LogP contribution in [0.5, 0.6) is 0 Å². The standard InChI is InChI=1S/C18H28F3N5O6Si/c1-17(2,3)33(4,5)31-10-11-13(24-25-22)14(29-8-9-30-18(19,20)21)15(32-11)26-7-6-12(27)23-16(26)28/h6-7,11,13-15H,8-10H2,1-5H3,(H,23,27,28)/t11-,13?,14-,15-/m1/s1. The lowest BCUT2D eigenvalue weighted by Crippen LogP contribution is -2.44. The Labute approximate surface area is 188 Å². The van der Waals surface area contributed by atoms with E-state index in [4.69, 9.17) is 19.4 Å². The van der Waals surface area contributed by atoms with Crippen LogP contribution < -0.4 is 11.2 Å². The van der Waals surface area contributed by atoms with Crippen molar-refractivity contribution >= 4 is 8.32 Å². The van der Waals surface area contributed by atoms with E-state index < -0.39 is 63.6 Å². The fourth-order valence-corrected chi connectivity index (χ4v) is 3.95. The van der Waals surface area contributed by atoms with Crippen molar-refractivity contribution in [2.75, 3.05) is 19.8 Å². The molecule has 1 saturated heterocycles. The van der Waals surface area contributed by atoms with Crippen molar-refractivity contribution < 1.29 is 31.8 Å². The number of hydrogen-bond donors (Lipinski definition) is 1. The van der Waals surface area contributed by atoms with Crippen molar-refractivity contribution in [3.8, 4) is 0 Å². The summed E-state index contributed by atoms with van der Waals surface area (Å²) in [6.45, 7) is 8.80. The first kappa shape index (κ1) is 27.1. The molecule has 0 amide bonds. The van der Waals surface area contributed by atoms with Gasteiger partial charge in [-0.05, 0) is 23.7 Å². The van der Waals surface area contributed by atoms with Crippen LogP contribution in [-0.4, -0.2) is 62.3 Å². The van der Waals surface area contributed by atoms with Crippen molar-refractivity contribution in [3.05, 3.63) is 43.5 Å². The number of ether oxygens (including phenoxy) is 3. The zero-order chi connectivity index (χ0) is 25.0. The van der Waals surface area contributed by atoms with Crippen LogP contribution in [0.2, 0.25) is 18.1 Å². The number of aromatic nitrogens is 2. The average molecular weight is 496 g/mol. The third-order valence-corrected chi connectivity index (χ3v) is 10.2. The van der Waals surface area contributed by atoms with Crippen molar-refractivity contribution in [2.24, 2.45) is 5.11 Å². The first-order valence-corrected chi connectivity index (χ1v) is 13.0. The molecule has 11 nitrogen and oxygen atoms in total. The molecule has 1 aliphatic rings. The van der Waals surface area contributed by atoms with Gasteiger partial charge in [-0.2, -0.15) is 0 Å². The molecular formula is C18H28F3N5O6Si. The van der Waals surface area contributed by atoms with Gasteiger partial charge in [-0.1, -0.05) is 25.9 Å². The predicted molar refractivity (Wildman–Crippen MR) is 113 cm³/mol. The van der Waals surface area contributed by atoms with Gasteiger partial charge in [-0.15, -0.1) is 13.2 Å². The fourth-order valence-electron chi connectivity index (χ4n) is 2.94. The number of azide groups is 1. The van der Waals surface area contributed by atoms with Crippen molar-refractivity contribution in [2.45, 2.75) is 69.7 Å². The van der Waals surface area contributed by atoms with Crippen LogP contribution in [-0.2, 0) is 18.6 Å². The topological polar surface area (TPSA) is 141 Å². The quantitative estimate of drug-likeness (QED) is 0.184. The lowest BCUT2D eigenvalue weighted by molar-refractivity contribution is -0.327. The predicted octanol–water partition coefficient (Wildman–Crippen LogP) is 3.06. The summed E-state index contributed by atoms with van der Waals surface area (Å²) < 4.78 is 59.3. The molecule has 2 rings (SSSR count). The molecule has 186 valence electrons. The Morgan fingerprint density at radius 2 is 1.94 bits per heavy atom. The van der Waals surface area contributed by atoms with Gasteiger partial charge in [0.2, 0.25) is 0 Å². The number of alkyl halides is 3. The van der Waals surface area contributed by atoms with Crippen LogP contribution in [0.15, 0.2) is 27.0 Å². The van der Waals surface area contributed by atoms with E-state index in [1.54, 1.807) is 0 Å². The molecule has 1 aliphatic heterocycles. The van der Waals surface area contributed by atoms with E-state index in [-0.39, 0.29) is 11.6 Å². The summed E-state index contributed by atoms with van der Waals surface area (Å²) in [6, 6.07) is 0.0610. The normalized spacial score (nSPS) is 24.0. The second kappa shape index (κ2) is 10.4. The molecule has 1 fully saturated rings. The molecule has 0 aliphatic carbocycles. The van der Waals surface area contributed by atoms with Gasteiger partial charge in [0.05, 0.1) is 32.0 Å². The molecule has 1 aromatic rings. The SMILES string of the molecule is CC(C)(C)[Si](C)(C)OC[C@H]1O[C@@H](n2ccc(=O)[nH]c2=O)[C@H](OCCOC(F)(F)F)C1N=[N+]=[N-]. The maximum atomic E-state index is 12.3. The molecule has 33 heavy (non-hydrogen) atoms. The van der Waals surface area contributed by atoms with Crippen molar-refractivity contribution in [1.82, 2.24) is 9.55 Å². The zero-order valence-corrected chi connectivity index (χ0v) is 20.0. The Hall–Kier alpha value is -2.16. The van der Waals surface area contributed by atoms with E-state index in [0.717, 1.165) is 10.6 Å². The van der Waals surface area contributed by atoms with Crippen molar-refractivity contribution in [1.29, 1.82) is 0 Å². The second-order valence-corrected chi connectivity index (χ2v) is 13.8. The van der Waals surface area contributed by atoms with E-state index in [9.17, 15) is 22.8 Å². The number of aromatic amines is 1. The van der Waals surface area contributed by atoms with Gasteiger partial charge in [0, 0.05) is 17.2 Å². The summed E-state index contributed by atoms with van der Waals surface area (Å²) in [5.74, 6) is 0. The second-order valence-electron chi connectivity index (χ2n) is 8.98. The highest BCUT2D eigenvalue weighted by Crippen LogP contribution is 2.39. The zero-order valence-electron chi connectivity index (χ0n) is 19.0. The Kier molecular flexibility index (Phi) is 8.54. The Morgan fingerprint density at radius 3 is 2.48 bits per heavy atom. The molecule has 0 radical (unpaired) electrons. The summed E-state index contributed by atoms with van der Waals surface area (Å²) in [4.78, 5) is 28.6. The molecule has 2 heterocycles. The maximum absolute atomic E-state index is 12.3. The highest BCUT2D eigenvalue weighted by molar-refractivity contribution is 6.74. The number of nitrogens with zero attached hydrogens (tertiary/aromatic N) is 4. The highest BCUT2D eigenvalue weighted by atomic mass is 28.4. The van der Waals surface area contributed by atoms with E-state index in [0.29, 0.717) is 0 Å². The molecule has 0 bridgehead atoms. The molecule has 1 N–H and O–H groups in total. The molecule has 0 spiro atoms. The lowest BCUT2D eigenvalue weighted by atomic mass is 10.1. The van der Waals surface area contributed by atoms with Crippen LogP contribution in [0.1, 0.15) is 27.0 Å². The van der Waals surface area contributed by atoms with E-state index >= 15 is 0 Å². The molecule has 4 atom stereocenters. The molecule has 0 aromatic carbocycles. The number of H-pyrrole nitrogens is 1. The number of rotatable bonds is 9. The first-order chi connectivity index (χ1) is 15.2. The summed E-state index contributed by atoms with van der Waals surface area (Å²) in [5, 5.41) is 3.59. The minimum atomic E-state index is -4.84. The fraction of sp³-hybridized carbons (Fsp3) is 0.778. The number of nitrogens with one attached hydrogen (secondary N) is 1. The van der Waals surface area contributed by atoms with E-state index in [1.165, 1.54) is 6.20 Å². The van der Waals surface area contributed by atoms with E-state index in [2.05, 4.69) is 19.7 Å². The van der Waals surface area contributed by atoms with Gasteiger partial charge >= 0.3 is 12.1 Å². The van der Waals surface area contributed by atoms with Crippen LogP contribution in [0, 0.1) is 0 Å².